The molecule has 0 aliphatic heterocycles. The highest BCUT2D eigenvalue weighted by Gasteiger charge is 2.15. The van der Waals surface area contributed by atoms with Crippen LogP contribution in [0.2, 0.25) is 0 Å². The largest absolute Gasteiger partial charge is 0.335 e. The van der Waals surface area contributed by atoms with Crippen molar-refractivity contribution < 1.29 is 0 Å². The Labute approximate surface area is 141 Å². The molecule has 0 radical (unpaired) electrons. The molecule has 0 fully saturated rings. The molecule has 134 valence electrons. The minimum atomic E-state index is -0.310. The van der Waals surface area contributed by atoms with Crippen LogP contribution in [0.25, 0.3) is 11.2 Å². The molecular formula is C16H28N6O2. The van der Waals surface area contributed by atoms with Gasteiger partial charge in [-0.2, -0.15) is 0 Å². The molecule has 0 saturated heterocycles. The molecule has 2 heterocycles. The first-order valence-electron chi connectivity index (χ1n) is 8.36. The predicted octanol–water partition coefficient (Wildman–Crippen LogP) is 0.263. The predicted molar refractivity (Wildman–Crippen MR) is 95.4 cm³/mol. The number of nitrogens with one attached hydrogen (secondary N) is 2. The standard InChI is InChI=1S/C16H28N6O2/c1-11(20(3)4)8-6-7-9-22-15(23)13-14(21(5)16(22)24)19-12(18-13)10-17-2/h11,17H,6-10H2,1-5H3,(H,18,19)/t11-/m0/s1. The van der Waals surface area contributed by atoms with Gasteiger partial charge in [0, 0.05) is 19.6 Å². The van der Waals surface area contributed by atoms with Crippen LogP contribution in [0.1, 0.15) is 32.0 Å². The smallest absolute Gasteiger partial charge is 0.332 e. The van der Waals surface area contributed by atoms with E-state index in [-0.39, 0.29) is 11.2 Å². The molecule has 2 N–H and O–H groups in total. The Morgan fingerprint density at radius 1 is 1.29 bits per heavy atom. The highest BCUT2D eigenvalue weighted by atomic mass is 16.2. The van der Waals surface area contributed by atoms with Gasteiger partial charge in [0.1, 0.15) is 11.3 Å². The summed E-state index contributed by atoms with van der Waals surface area (Å²) in [6, 6.07) is 0.490. The molecule has 0 unspecified atom stereocenters. The zero-order chi connectivity index (χ0) is 17.9. The zero-order valence-corrected chi connectivity index (χ0v) is 15.2. The second-order valence-corrected chi connectivity index (χ2v) is 6.52. The molecule has 0 spiro atoms. The van der Waals surface area contributed by atoms with Crippen LogP contribution in [-0.4, -0.2) is 51.2 Å². The van der Waals surface area contributed by atoms with Crippen molar-refractivity contribution in [3.8, 4) is 0 Å². The van der Waals surface area contributed by atoms with Gasteiger partial charge in [0.15, 0.2) is 5.65 Å². The van der Waals surface area contributed by atoms with Crippen molar-refractivity contribution in [1.29, 1.82) is 0 Å². The molecule has 0 aliphatic rings. The topological polar surface area (TPSA) is 88.0 Å². The van der Waals surface area contributed by atoms with Crippen LogP contribution >= 0.6 is 0 Å². The van der Waals surface area contributed by atoms with E-state index in [1.54, 1.807) is 14.1 Å². The average molecular weight is 336 g/mol. The molecule has 2 aromatic heterocycles. The Morgan fingerprint density at radius 3 is 2.62 bits per heavy atom. The third-order valence-electron chi connectivity index (χ3n) is 4.51. The summed E-state index contributed by atoms with van der Waals surface area (Å²) in [7, 11) is 7.57. The number of H-pyrrole nitrogens is 1. The highest BCUT2D eigenvalue weighted by molar-refractivity contribution is 5.69. The van der Waals surface area contributed by atoms with E-state index in [1.165, 1.54) is 9.13 Å². The SMILES string of the molecule is CNCc1nc2c([nH]1)c(=O)n(CCCC[C@H](C)N(C)C)c(=O)n2C. The van der Waals surface area contributed by atoms with Crippen LogP contribution in [0.5, 0.6) is 0 Å². The number of aryl methyl sites for hydroxylation is 1. The first-order valence-corrected chi connectivity index (χ1v) is 8.36. The Balaban J connectivity index is 2.21. The molecule has 2 rings (SSSR count). The molecule has 24 heavy (non-hydrogen) atoms. The third-order valence-corrected chi connectivity index (χ3v) is 4.51. The van der Waals surface area contributed by atoms with Gasteiger partial charge in [-0.3, -0.25) is 13.9 Å². The van der Waals surface area contributed by atoms with Gasteiger partial charge in [-0.05, 0) is 40.9 Å². The summed E-state index contributed by atoms with van der Waals surface area (Å²) in [4.78, 5) is 34.6. The van der Waals surface area contributed by atoms with E-state index in [4.69, 9.17) is 0 Å². The maximum absolute atomic E-state index is 12.6. The third kappa shape index (κ3) is 3.76. The first kappa shape index (κ1) is 18.4. The molecule has 1 atom stereocenters. The lowest BCUT2D eigenvalue weighted by Gasteiger charge is -2.19. The van der Waals surface area contributed by atoms with E-state index in [9.17, 15) is 9.59 Å². The zero-order valence-electron chi connectivity index (χ0n) is 15.2. The van der Waals surface area contributed by atoms with Crippen molar-refractivity contribution in [1.82, 2.24) is 29.3 Å². The van der Waals surface area contributed by atoms with Crippen LogP contribution in [-0.2, 0) is 20.1 Å². The Morgan fingerprint density at radius 2 is 2.00 bits per heavy atom. The number of imidazole rings is 1. The quantitative estimate of drug-likeness (QED) is 0.675. The lowest BCUT2D eigenvalue weighted by atomic mass is 10.1. The van der Waals surface area contributed by atoms with Gasteiger partial charge in [0.25, 0.3) is 5.56 Å². The number of hydrogen-bond acceptors (Lipinski definition) is 5. The number of nitrogens with zero attached hydrogens (tertiary/aromatic N) is 4. The molecule has 8 nitrogen and oxygen atoms in total. The molecule has 0 amide bonds. The van der Waals surface area contributed by atoms with Crippen molar-refractivity contribution >= 4 is 11.2 Å². The first-order chi connectivity index (χ1) is 11.4. The summed E-state index contributed by atoms with van der Waals surface area (Å²) in [5, 5.41) is 2.98. The monoisotopic (exact) mass is 336 g/mol. The van der Waals surface area contributed by atoms with E-state index < -0.39 is 0 Å². The number of aromatic nitrogens is 4. The lowest BCUT2D eigenvalue weighted by molar-refractivity contribution is 0.290. The second kappa shape index (κ2) is 7.76. The second-order valence-electron chi connectivity index (χ2n) is 6.52. The van der Waals surface area contributed by atoms with Gasteiger partial charge in [0.2, 0.25) is 0 Å². The Bertz CT molecular complexity index is 801. The summed E-state index contributed by atoms with van der Waals surface area (Å²) in [6.07, 6.45) is 2.82. The van der Waals surface area contributed by atoms with Gasteiger partial charge in [0.05, 0.1) is 6.54 Å². The van der Waals surface area contributed by atoms with E-state index in [2.05, 4.69) is 41.2 Å². The van der Waals surface area contributed by atoms with Gasteiger partial charge in [-0.1, -0.05) is 6.42 Å². The van der Waals surface area contributed by atoms with Crippen LogP contribution in [0.15, 0.2) is 9.59 Å². The summed E-state index contributed by atoms with van der Waals surface area (Å²) < 4.78 is 2.75. The summed E-state index contributed by atoms with van der Waals surface area (Å²) >= 11 is 0. The number of aromatic amines is 1. The van der Waals surface area contributed by atoms with E-state index >= 15 is 0 Å². The van der Waals surface area contributed by atoms with Crippen LogP contribution in [0.4, 0.5) is 0 Å². The van der Waals surface area contributed by atoms with Crippen LogP contribution in [0.3, 0.4) is 0 Å². The summed E-state index contributed by atoms with van der Waals surface area (Å²) in [5.74, 6) is 0.650. The minimum Gasteiger partial charge on any atom is -0.335 e. The van der Waals surface area contributed by atoms with E-state index in [0.29, 0.717) is 36.1 Å². The molecule has 2 aromatic rings. The van der Waals surface area contributed by atoms with E-state index in [1.807, 2.05) is 0 Å². The fourth-order valence-corrected chi connectivity index (χ4v) is 2.71. The Kier molecular flexibility index (Phi) is 5.95. The number of rotatable bonds is 8. The normalized spacial score (nSPS) is 13.1. The fraction of sp³-hybridized carbons (Fsp3) is 0.688. The van der Waals surface area contributed by atoms with Crippen LogP contribution < -0.4 is 16.6 Å². The summed E-state index contributed by atoms with van der Waals surface area (Å²) in [5.41, 5.74) is 0.205. The van der Waals surface area contributed by atoms with Crippen LogP contribution in [0, 0.1) is 0 Å². The van der Waals surface area contributed by atoms with Crippen molar-refractivity contribution in [2.24, 2.45) is 7.05 Å². The van der Waals surface area contributed by atoms with Crippen molar-refractivity contribution in [3.63, 3.8) is 0 Å². The fourth-order valence-electron chi connectivity index (χ4n) is 2.71. The van der Waals surface area contributed by atoms with Gasteiger partial charge < -0.3 is 15.2 Å². The average Bonchev–Trinajstić information content (AvgIpc) is 2.96. The van der Waals surface area contributed by atoms with Gasteiger partial charge in [-0.15, -0.1) is 0 Å². The molecule has 0 bridgehead atoms. The van der Waals surface area contributed by atoms with Gasteiger partial charge >= 0.3 is 5.69 Å². The molecule has 8 heteroatoms. The molecule has 0 aromatic carbocycles. The van der Waals surface area contributed by atoms with Crippen molar-refractivity contribution in [2.45, 2.75) is 45.3 Å². The maximum Gasteiger partial charge on any atom is 0.332 e. The minimum absolute atomic E-state index is 0.288. The molecule has 0 saturated carbocycles. The molecular weight excluding hydrogens is 308 g/mol. The van der Waals surface area contributed by atoms with E-state index in [0.717, 1.165) is 19.3 Å². The molecule has 0 aliphatic carbocycles. The Hall–Kier alpha value is -1.93. The van der Waals surface area contributed by atoms with Crippen molar-refractivity contribution in [2.75, 3.05) is 21.1 Å². The highest BCUT2D eigenvalue weighted by Crippen LogP contribution is 2.07. The number of fused-ring (bicyclic) bond motifs is 1. The number of hydrogen-bond donors (Lipinski definition) is 2. The lowest BCUT2D eigenvalue weighted by Crippen LogP contribution is -2.39. The summed E-state index contributed by atoms with van der Waals surface area (Å²) in [6.45, 7) is 3.12. The van der Waals surface area contributed by atoms with Crippen molar-refractivity contribution in [3.05, 3.63) is 26.7 Å². The van der Waals surface area contributed by atoms with Gasteiger partial charge in [-0.25, -0.2) is 9.78 Å². The number of unbranched alkanes of at least 4 members (excludes halogenated alkanes) is 1. The maximum atomic E-state index is 12.6.